The number of amides is 2. The number of hydrogen-bond acceptors (Lipinski definition) is 5. The lowest BCUT2D eigenvalue weighted by Crippen LogP contribution is -2.54. The molecule has 0 aliphatic heterocycles. The molecule has 0 saturated heterocycles. The number of aromatic nitrogens is 1. The van der Waals surface area contributed by atoms with Crippen LogP contribution in [-0.2, 0) is 11.3 Å². The minimum absolute atomic E-state index is 0.158. The first-order chi connectivity index (χ1) is 9.94. The van der Waals surface area contributed by atoms with Crippen molar-refractivity contribution in [3.8, 4) is 0 Å². The van der Waals surface area contributed by atoms with Gasteiger partial charge in [-0.25, -0.2) is 14.6 Å². The number of rotatable bonds is 3. The molecule has 22 heavy (non-hydrogen) atoms. The van der Waals surface area contributed by atoms with Gasteiger partial charge in [-0.15, -0.1) is 11.3 Å². The Balaban J connectivity index is 2.93. The van der Waals surface area contributed by atoms with Crippen LogP contribution in [0.2, 0.25) is 0 Å². The van der Waals surface area contributed by atoms with E-state index in [0.29, 0.717) is 11.6 Å². The zero-order chi connectivity index (χ0) is 17.1. The van der Waals surface area contributed by atoms with Gasteiger partial charge in [0.25, 0.3) is 0 Å². The Morgan fingerprint density at radius 1 is 1.27 bits per heavy atom. The highest BCUT2D eigenvalue weighted by Gasteiger charge is 2.30. The molecule has 1 rings (SSSR count). The third-order valence-electron chi connectivity index (χ3n) is 2.78. The van der Waals surface area contributed by atoms with Crippen molar-refractivity contribution in [2.75, 3.05) is 7.11 Å². The Bertz CT molecular complexity index is 541. The average molecular weight is 327 g/mol. The van der Waals surface area contributed by atoms with Gasteiger partial charge >= 0.3 is 12.0 Å². The lowest BCUT2D eigenvalue weighted by Gasteiger charge is -2.37. The summed E-state index contributed by atoms with van der Waals surface area (Å²) in [6.07, 6.45) is 0. The zero-order valence-electron chi connectivity index (χ0n) is 14.3. The molecule has 1 aromatic rings. The number of carbonyl (C=O) groups is 2. The fourth-order valence-corrected chi connectivity index (χ4v) is 2.47. The summed E-state index contributed by atoms with van der Waals surface area (Å²) in [5.41, 5.74) is -0.417. The van der Waals surface area contributed by atoms with E-state index in [0.717, 1.165) is 0 Å². The Hall–Kier alpha value is -1.63. The van der Waals surface area contributed by atoms with E-state index in [2.05, 4.69) is 15.0 Å². The third kappa shape index (κ3) is 5.29. The van der Waals surface area contributed by atoms with Gasteiger partial charge < -0.3 is 15.0 Å². The number of hydrogen-bond donors (Lipinski definition) is 1. The van der Waals surface area contributed by atoms with Gasteiger partial charge in [0.15, 0.2) is 5.69 Å². The number of esters is 1. The van der Waals surface area contributed by atoms with Crippen LogP contribution in [0.3, 0.4) is 0 Å². The number of urea groups is 1. The molecule has 0 saturated carbocycles. The largest absolute Gasteiger partial charge is 0.464 e. The lowest BCUT2D eigenvalue weighted by molar-refractivity contribution is 0.0594. The monoisotopic (exact) mass is 327 g/mol. The number of carbonyl (C=O) groups excluding carboxylic acids is 2. The number of nitrogens with zero attached hydrogens (tertiary/aromatic N) is 2. The van der Waals surface area contributed by atoms with Gasteiger partial charge in [0.05, 0.1) is 13.7 Å². The van der Waals surface area contributed by atoms with Crippen LogP contribution >= 0.6 is 11.3 Å². The van der Waals surface area contributed by atoms with Crippen molar-refractivity contribution in [3.63, 3.8) is 0 Å². The van der Waals surface area contributed by atoms with Crippen molar-refractivity contribution in [2.24, 2.45) is 0 Å². The topological polar surface area (TPSA) is 71.5 Å². The maximum atomic E-state index is 12.5. The molecule has 1 aromatic heterocycles. The maximum absolute atomic E-state index is 12.5. The number of ether oxygens (including phenoxy) is 1. The van der Waals surface area contributed by atoms with Crippen molar-refractivity contribution < 1.29 is 14.3 Å². The van der Waals surface area contributed by atoms with Crippen LogP contribution in [-0.4, -0.2) is 40.1 Å². The van der Waals surface area contributed by atoms with Crippen LogP contribution < -0.4 is 5.32 Å². The first-order valence-corrected chi connectivity index (χ1v) is 7.94. The first kappa shape index (κ1) is 18.4. The van der Waals surface area contributed by atoms with Gasteiger partial charge in [0.2, 0.25) is 0 Å². The lowest BCUT2D eigenvalue weighted by atomic mass is 10.1. The molecule has 1 N–H and O–H groups in total. The van der Waals surface area contributed by atoms with Gasteiger partial charge in [-0.05, 0) is 41.5 Å². The van der Waals surface area contributed by atoms with Crippen molar-refractivity contribution in [2.45, 2.75) is 59.2 Å². The maximum Gasteiger partial charge on any atom is 0.357 e. The van der Waals surface area contributed by atoms with Gasteiger partial charge in [-0.2, -0.15) is 0 Å². The van der Waals surface area contributed by atoms with Crippen LogP contribution in [0.25, 0.3) is 0 Å². The number of nitrogens with one attached hydrogen (secondary N) is 1. The second-order valence-corrected chi connectivity index (χ2v) is 8.00. The summed E-state index contributed by atoms with van der Waals surface area (Å²) in [6, 6.07) is -0.158. The minimum atomic E-state index is -0.469. The molecule has 7 heteroatoms. The van der Waals surface area contributed by atoms with E-state index in [1.807, 2.05) is 41.5 Å². The van der Waals surface area contributed by atoms with E-state index >= 15 is 0 Å². The summed E-state index contributed by atoms with van der Waals surface area (Å²) in [4.78, 5) is 29.9. The van der Waals surface area contributed by atoms with E-state index in [4.69, 9.17) is 0 Å². The van der Waals surface area contributed by atoms with Gasteiger partial charge in [-0.3, -0.25) is 0 Å². The predicted molar refractivity (Wildman–Crippen MR) is 87.0 cm³/mol. The normalized spacial score (nSPS) is 12.0. The van der Waals surface area contributed by atoms with Crippen LogP contribution in [0.15, 0.2) is 5.38 Å². The van der Waals surface area contributed by atoms with Crippen molar-refractivity contribution in [3.05, 3.63) is 16.1 Å². The minimum Gasteiger partial charge on any atom is -0.464 e. The smallest absolute Gasteiger partial charge is 0.357 e. The summed E-state index contributed by atoms with van der Waals surface area (Å²) in [5, 5.41) is 5.30. The van der Waals surface area contributed by atoms with Crippen LogP contribution in [0, 0.1) is 0 Å². The Labute approximate surface area is 135 Å². The van der Waals surface area contributed by atoms with Crippen LogP contribution in [0.1, 0.15) is 57.0 Å². The fourth-order valence-electron chi connectivity index (χ4n) is 1.72. The predicted octanol–water partition coefficient (Wildman–Crippen LogP) is 3.04. The number of methoxy groups -OCH3 is 1. The van der Waals surface area contributed by atoms with Gasteiger partial charge in [-0.1, -0.05) is 0 Å². The number of thiazole rings is 1. The van der Waals surface area contributed by atoms with Crippen LogP contribution in [0.4, 0.5) is 4.79 Å². The van der Waals surface area contributed by atoms with E-state index < -0.39 is 5.97 Å². The molecule has 6 nitrogen and oxygen atoms in total. The van der Waals surface area contributed by atoms with E-state index in [1.54, 1.807) is 10.3 Å². The molecule has 0 fully saturated rings. The first-order valence-electron chi connectivity index (χ1n) is 7.06. The molecule has 0 unspecified atom stereocenters. The highest BCUT2D eigenvalue weighted by Crippen LogP contribution is 2.21. The summed E-state index contributed by atoms with van der Waals surface area (Å²) in [7, 11) is 1.32. The van der Waals surface area contributed by atoms with E-state index in [1.165, 1.54) is 18.4 Å². The molecule has 1 heterocycles. The molecule has 0 aromatic carbocycles. The molecule has 0 aliphatic rings. The standard InChI is InChI=1S/C15H25N3O3S/c1-14(2,3)17-13(20)18(15(4,5)6)8-11-16-10(9-22-11)12(19)21-7/h9H,8H2,1-7H3,(H,17,20). The molecular weight excluding hydrogens is 302 g/mol. The Morgan fingerprint density at radius 3 is 2.32 bits per heavy atom. The Morgan fingerprint density at radius 2 is 1.86 bits per heavy atom. The van der Waals surface area contributed by atoms with Crippen molar-refractivity contribution >= 4 is 23.3 Å². The SMILES string of the molecule is COC(=O)c1csc(CN(C(=O)NC(C)(C)C)C(C)(C)C)n1. The summed E-state index contributed by atoms with van der Waals surface area (Å²) in [5.74, 6) is -0.469. The molecule has 0 radical (unpaired) electrons. The quantitative estimate of drug-likeness (QED) is 0.866. The zero-order valence-corrected chi connectivity index (χ0v) is 15.1. The summed E-state index contributed by atoms with van der Waals surface area (Å²) >= 11 is 1.34. The highest BCUT2D eigenvalue weighted by atomic mass is 32.1. The van der Waals surface area contributed by atoms with E-state index in [-0.39, 0.29) is 22.8 Å². The second kappa shape index (κ2) is 6.64. The molecule has 0 bridgehead atoms. The molecule has 0 aliphatic carbocycles. The van der Waals surface area contributed by atoms with Gasteiger partial charge in [0, 0.05) is 16.5 Å². The van der Waals surface area contributed by atoms with E-state index in [9.17, 15) is 9.59 Å². The molecule has 0 spiro atoms. The summed E-state index contributed by atoms with van der Waals surface area (Å²) in [6.45, 7) is 12.0. The van der Waals surface area contributed by atoms with Crippen molar-refractivity contribution in [1.82, 2.24) is 15.2 Å². The Kier molecular flexibility index (Phi) is 5.56. The average Bonchev–Trinajstić information content (AvgIpc) is 2.79. The highest BCUT2D eigenvalue weighted by molar-refractivity contribution is 7.09. The van der Waals surface area contributed by atoms with Crippen molar-refractivity contribution in [1.29, 1.82) is 0 Å². The molecule has 2 amide bonds. The molecule has 124 valence electrons. The second-order valence-electron chi connectivity index (χ2n) is 7.06. The van der Waals surface area contributed by atoms with Crippen LogP contribution in [0.5, 0.6) is 0 Å². The van der Waals surface area contributed by atoms with Gasteiger partial charge in [0.1, 0.15) is 5.01 Å². The third-order valence-corrected chi connectivity index (χ3v) is 3.61. The summed E-state index contributed by atoms with van der Waals surface area (Å²) < 4.78 is 4.65. The molecule has 0 atom stereocenters. The fraction of sp³-hybridized carbons (Fsp3) is 0.667. The molecular formula is C15H25N3O3S.